The Kier molecular flexibility index (Phi) is 5.81. The summed E-state index contributed by atoms with van der Waals surface area (Å²) in [6, 6.07) is 12.8. The lowest BCUT2D eigenvalue weighted by Gasteiger charge is -2.08. The van der Waals surface area contributed by atoms with E-state index in [-0.39, 0.29) is 23.1 Å². The van der Waals surface area contributed by atoms with E-state index in [0.29, 0.717) is 17.1 Å². The zero-order valence-corrected chi connectivity index (χ0v) is 14.3. The molecule has 0 fully saturated rings. The molecule has 1 amide bonds. The fourth-order valence-corrected chi connectivity index (χ4v) is 3.22. The molecule has 24 heavy (non-hydrogen) atoms. The van der Waals surface area contributed by atoms with Crippen LogP contribution in [0.15, 0.2) is 53.4 Å². The molecule has 2 aromatic rings. The number of benzene rings is 2. The van der Waals surface area contributed by atoms with Crippen molar-refractivity contribution in [3.05, 3.63) is 54.1 Å². The number of methoxy groups -OCH3 is 2. The highest BCUT2D eigenvalue weighted by Crippen LogP contribution is 2.16. The third-order valence-corrected chi connectivity index (χ3v) is 5.14. The minimum atomic E-state index is -3.47. The molecule has 0 bridgehead atoms. The lowest BCUT2D eigenvalue weighted by Crippen LogP contribution is -2.29. The Bertz CT molecular complexity index is 800. The molecule has 0 unspecified atom stereocenters. The molecule has 0 aliphatic rings. The van der Waals surface area contributed by atoms with Gasteiger partial charge in [-0.2, -0.15) is 0 Å². The molecule has 0 saturated carbocycles. The molecular formula is C17H19NO5S. The summed E-state index contributed by atoms with van der Waals surface area (Å²) in [5.41, 5.74) is 0.413. The summed E-state index contributed by atoms with van der Waals surface area (Å²) < 4.78 is 34.5. The van der Waals surface area contributed by atoms with E-state index in [1.807, 2.05) is 0 Å². The van der Waals surface area contributed by atoms with Crippen LogP contribution in [0.3, 0.4) is 0 Å². The zero-order chi connectivity index (χ0) is 17.6. The molecule has 0 aliphatic heterocycles. The van der Waals surface area contributed by atoms with Gasteiger partial charge in [0.15, 0.2) is 9.84 Å². The first-order chi connectivity index (χ1) is 11.5. The monoisotopic (exact) mass is 349 g/mol. The smallest absolute Gasteiger partial charge is 0.251 e. The fourth-order valence-electron chi connectivity index (χ4n) is 2.07. The molecule has 2 rings (SSSR count). The molecule has 0 aliphatic carbocycles. The van der Waals surface area contributed by atoms with Crippen molar-refractivity contribution in [2.45, 2.75) is 4.90 Å². The lowest BCUT2D eigenvalue weighted by molar-refractivity contribution is 0.0956. The first-order valence-corrected chi connectivity index (χ1v) is 8.90. The van der Waals surface area contributed by atoms with Gasteiger partial charge in [0.2, 0.25) is 0 Å². The van der Waals surface area contributed by atoms with Gasteiger partial charge >= 0.3 is 0 Å². The second kappa shape index (κ2) is 7.83. The Morgan fingerprint density at radius 2 is 1.67 bits per heavy atom. The lowest BCUT2D eigenvalue weighted by atomic mass is 10.2. The van der Waals surface area contributed by atoms with E-state index < -0.39 is 9.84 Å². The van der Waals surface area contributed by atoms with E-state index in [9.17, 15) is 13.2 Å². The van der Waals surface area contributed by atoms with Gasteiger partial charge < -0.3 is 14.8 Å². The van der Waals surface area contributed by atoms with Crippen molar-refractivity contribution in [2.75, 3.05) is 26.5 Å². The quantitative estimate of drug-likeness (QED) is 0.826. The van der Waals surface area contributed by atoms with Gasteiger partial charge in [-0.05, 0) is 42.5 Å². The van der Waals surface area contributed by atoms with Crippen molar-refractivity contribution in [3.8, 4) is 11.5 Å². The highest BCUT2D eigenvalue weighted by molar-refractivity contribution is 7.91. The van der Waals surface area contributed by atoms with Crippen molar-refractivity contribution in [2.24, 2.45) is 0 Å². The summed E-state index contributed by atoms with van der Waals surface area (Å²) in [4.78, 5) is 12.2. The van der Waals surface area contributed by atoms with Crippen LogP contribution >= 0.6 is 0 Å². The molecule has 0 saturated heterocycles. The minimum absolute atomic E-state index is 0.0183. The average Bonchev–Trinajstić information content (AvgIpc) is 2.61. The van der Waals surface area contributed by atoms with Crippen LogP contribution in [0.5, 0.6) is 11.5 Å². The van der Waals surface area contributed by atoms with E-state index in [4.69, 9.17) is 9.47 Å². The fraction of sp³-hybridized carbons (Fsp3) is 0.235. The van der Waals surface area contributed by atoms with Crippen LogP contribution in [0, 0.1) is 0 Å². The summed E-state index contributed by atoms with van der Waals surface area (Å²) >= 11 is 0. The largest absolute Gasteiger partial charge is 0.497 e. The van der Waals surface area contributed by atoms with Crippen molar-refractivity contribution < 1.29 is 22.7 Å². The molecule has 2 aromatic carbocycles. The molecule has 0 aromatic heterocycles. The van der Waals surface area contributed by atoms with Crippen molar-refractivity contribution in [3.63, 3.8) is 0 Å². The Labute approximate surface area is 141 Å². The van der Waals surface area contributed by atoms with Crippen LogP contribution in [0.2, 0.25) is 0 Å². The number of carbonyl (C=O) groups is 1. The number of hydrogen-bond donors (Lipinski definition) is 1. The first kappa shape index (κ1) is 17.8. The number of nitrogens with one attached hydrogen (secondary N) is 1. The first-order valence-electron chi connectivity index (χ1n) is 7.25. The minimum Gasteiger partial charge on any atom is -0.497 e. The van der Waals surface area contributed by atoms with Crippen LogP contribution < -0.4 is 14.8 Å². The molecule has 1 N–H and O–H groups in total. The maximum Gasteiger partial charge on any atom is 0.251 e. The van der Waals surface area contributed by atoms with Crippen LogP contribution in [0.1, 0.15) is 10.4 Å². The highest BCUT2D eigenvalue weighted by Gasteiger charge is 2.15. The van der Waals surface area contributed by atoms with Crippen LogP contribution in [-0.2, 0) is 9.84 Å². The van der Waals surface area contributed by atoms with E-state index in [1.54, 1.807) is 36.4 Å². The Morgan fingerprint density at radius 3 is 2.29 bits per heavy atom. The van der Waals surface area contributed by atoms with E-state index in [0.717, 1.165) is 0 Å². The third kappa shape index (κ3) is 4.48. The average molecular weight is 349 g/mol. The van der Waals surface area contributed by atoms with E-state index >= 15 is 0 Å². The topological polar surface area (TPSA) is 81.7 Å². The number of sulfone groups is 1. The van der Waals surface area contributed by atoms with Gasteiger partial charge in [0, 0.05) is 12.1 Å². The van der Waals surface area contributed by atoms with E-state index in [2.05, 4.69) is 5.32 Å². The predicted octanol–water partition coefficient (Wildman–Crippen LogP) is 1.91. The van der Waals surface area contributed by atoms with Gasteiger partial charge in [-0.1, -0.05) is 6.07 Å². The molecule has 0 spiro atoms. The van der Waals surface area contributed by atoms with Crippen LogP contribution in [0.4, 0.5) is 0 Å². The molecule has 0 radical (unpaired) electrons. The number of amides is 1. The van der Waals surface area contributed by atoms with Crippen LogP contribution in [0.25, 0.3) is 0 Å². The third-order valence-electron chi connectivity index (χ3n) is 3.41. The molecular weight excluding hydrogens is 330 g/mol. The molecule has 128 valence electrons. The SMILES string of the molecule is COc1ccc(S(=O)(=O)CCNC(=O)c2cccc(OC)c2)cc1. The molecule has 0 atom stereocenters. The summed E-state index contributed by atoms with van der Waals surface area (Å²) in [7, 11) is -0.447. The Balaban J connectivity index is 1.95. The maximum atomic E-state index is 12.2. The van der Waals surface area contributed by atoms with Gasteiger partial charge in [-0.15, -0.1) is 0 Å². The second-order valence-electron chi connectivity index (χ2n) is 4.98. The van der Waals surface area contributed by atoms with Gasteiger partial charge in [0.25, 0.3) is 5.91 Å². The van der Waals surface area contributed by atoms with E-state index in [1.165, 1.54) is 26.4 Å². The van der Waals surface area contributed by atoms with Crippen LogP contribution in [-0.4, -0.2) is 40.8 Å². The Morgan fingerprint density at radius 1 is 1.00 bits per heavy atom. The highest BCUT2D eigenvalue weighted by atomic mass is 32.2. The molecule has 0 heterocycles. The summed E-state index contributed by atoms with van der Waals surface area (Å²) in [6.45, 7) is 0.0183. The van der Waals surface area contributed by atoms with Crippen molar-refractivity contribution in [1.29, 1.82) is 0 Å². The summed E-state index contributed by atoms with van der Waals surface area (Å²) in [5, 5.41) is 2.60. The van der Waals surface area contributed by atoms with Gasteiger partial charge in [-0.25, -0.2) is 8.42 Å². The molecule has 6 nitrogen and oxygen atoms in total. The number of carbonyl (C=O) groups excluding carboxylic acids is 1. The number of ether oxygens (including phenoxy) is 2. The molecule has 7 heteroatoms. The van der Waals surface area contributed by atoms with Gasteiger partial charge in [-0.3, -0.25) is 4.79 Å². The second-order valence-corrected chi connectivity index (χ2v) is 7.09. The van der Waals surface area contributed by atoms with Gasteiger partial charge in [0.1, 0.15) is 11.5 Å². The van der Waals surface area contributed by atoms with Crippen molar-refractivity contribution >= 4 is 15.7 Å². The standard InChI is InChI=1S/C17H19NO5S/c1-22-14-6-8-16(9-7-14)24(20,21)11-10-18-17(19)13-4-3-5-15(12-13)23-2/h3-9,12H,10-11H2,1-2H3,(H,18,19). The maximum absolute atomic E-state index is 12.2. The zero-order valence-electron chi connectivity index (χ0n) is 13.5. The summed E-state index contributed by atoms with van der Waals surface area (Å²) in [5.74, 6) is 0.613. The normalized spacial score (nSPS) is 10.9. The Hall–Kier alpha value is -2.54. The number of hydrogen-bond acceptors (Lipinski definition) is 5. The van der Waals surface area contributed by atoms with Gasteiger partial charge in [0.05, 0.1) is 24.9 Å². The van der Waals surface area contributed by atoms with Crippen molar-refractivity contribution in [1.82, 2.24) is 5.32 Å². The number of rotatable bonds is 7. The summed E-state index contributed by atoms with van der Waals surface area (Å²) in [6.07, 6.45) is 0. The predicted molar refractivity (Wildman–Crippen MR) is 90.4 cm³/mol.